The van der Waals surface area contributed by atoms with Crippen molar-refractivity contribution in [1.29, 1.82) is 0 Å². The molecule has 0 spiro atoms. The molecule has 0 unspecified atom stereocenters. The first-order valence-electron chi connectivity index (χ1n) is 9.07. The topological polar surface area (TPSA) is 118 Å². The number of hydrogen-bond donors (Lipinski definition) is 2. The van der Waals surface area contributed by atoms with Crippen LogP contribution in [0.5, 0.6) is 0 Å². The lowest BCUT2D eigenvalue weighted by Gasteiger charge is -2.06. The average molecular weight is 386 g/mol. The molecule has 0 radical (unpaired) electrons. The van der Waals surface area contributed by atoms with Crippen LogP contribution in [0.1, 0.15) is 22.5 Å². The molecule has 1 saturated heterocycles. The van der Waals surface area contributed by atoms with Gasteiger partial charge < -0.3 is 10.6 Å². The Balaban J connectivity index is 1.70. The van der Waals surface area contributed by atoms with Gasteiger partial charge in [-0.3, -0.25) is 14.7 Å². The van der Waals surface area contributed by atoms with Crippen LogP contribution in [0.3, 0.4) is 0 Å². The lowest BCUT2D eigenvalue weighted by atomic mass is 10.1. The summed E-state index contributed by atoms with van der Waals surface area (Å²) < 4.78 is 0. The van der Waals surface area contributed by atoms with Gasteiger partial charge in [0.25, 0.3) is 5.91 Å². The van der Waals surface area contributed by atoms with E-state index < -0.39 is 5.91 Å². The van der Waals surface area contributed by atoms with E-state index in [9.17, 15) is 9.59 Å². The second-order valence-electron chi connectivity index (χ2n) is 6.75. The fraction of sp³-hybridized carbons (Fsp3) is 0.190. The normalized spacial score (nSPS) is 15.8. The summed E-state index contributed by atoms with van der Waals surface area (Å²) in [6.45, 7) is 0.725. The summed E-state index contributed by atoms with van der Waals surface area (Å²) in [5.41, 5.74) is 8.14. The number of rotatable bonds is 3. The van der Waals surface area contributed by atoms with E-state index in [4.69, 9.17) is 5.73 Å². The third kappa shape index (κ3) is 3.84. The van der Waals surface area contributed by atoms with Gasteiger partial charge in [-0.1, -0.05) is 24.0 Å². The molecule has 2 amide bonds. The third-order valence-corrected chi connectivity index (χ3v) is 4.69. The number of benzene rings is 1. The molecule has 0 aliphatic carbocycles. The van der Waals surface area contributed by atoms with E-state index in [1.54, 1.807) is 24.2 Å². The van der Waals surface area contributed by atoms with Crippen LogP contribution in [0.2, 0.25) is 0 Å². The molecule has 1 aromatic carbocycles. The average Bonchev–Trinajstić information content (AvgIpc) is 3.38. The van der Waals surface area contributed by atoms with E-state index in [1.165, 1.54) is 6.07 Å². The van der Waals surface area contributed by atoms with Crippen molar-refractivity contribution in [3.05, 3.63) is 53.9 Å². The van der Waals surface area contributed by atoms with Crippen LogP contribution in [0.15, 0.2) is 42.6 Å². The first kappa shape index (κ1) is 18.4. The number of aromatic nitrogens is 4. The third-order valence-electron chi connectivity index (χ3n) is 4.69. The predicted molar refractivity (Wildman–Crippen MR) is 106 cm³/mol. The molecule has 1 aliphatic rings. The summed E-state index contributed by atoms with van der Waals surface area (Å²) in [5, 5.41) is 6.73. The van der Waals surface area contributed by atoms with Gasteiger partial charge in [0, 0.05) is 30.9 Å². The molecule has 0 bridgehead atoms. The minimum Gasteiger partial charge on any atom is -0.364 e. The first-order chi connectivity index (χ1) is 14.0. The van der Waals surface area contributed by atoms with Crippen LogP contribution in [-0.4, -0.2) is 50.5 Å². The Morgan fingerprint density at radius 1 is 1.28 bits per heavy atom. The number of H-pyrrole nitrogens is 1. The molecule has 3 N–H and O–H groups in total. The maximum Gasteiger partial charge on any atom is 0.267 e. The molecule has 2 aromatic heterocycles. The highest BCUT2D eigenvalue weighted by molar-refractivity contribution is 5.92. The van der Waals surface area contributed by atoms with E-state index in [-0.39, 0.29) is 17.5 Å². The van der Waals surface area contributed by atoms with Crippen molar-refractivity contribution < 1.29 is 9.59 Å². The zero-order valence-electron chi connectivity index (χ0n) is 15.7. The van der Waals surface area contributed by atoms with E-state index in [0.29, 0.717) is 22.8 Å². The van der Waals surface area contributed by atoms with Crippen molar-refractivity contribution in [2.24, 2.45) is 11.7 Å². The van der Waals surface area contributed by atoms with Crippen LogP contribution >= 0.6 is 0 Å². The van der Waals surface area contributed by atoms with Crippen molar-refractivity contribution in [1.82, 2.24) is 25.1 Å². The van der Waals surface area contributed by atoms with Crippen molar-refractivity contribution in [3.63, 3.8) is 0 Å². The van der Waals surface area contributed by atoms with Gasteiger partial charge in [0.1, 0.15) is 11.6 Å². The van der Waals surface area contributed by atoms with Gasteiger partial charge in [-0.15, -0.1) is 0 Å². The number of primary amides is 1. The smallest absolute Gasteiger partial charge is 0.267 e. The van der Waals surface area contributed by atoms with Crippen molar-refractivity contribution in [2.45, 2.75) is 6.42 Å². The van der Waals surface area contributed by atoms with E-state index in [1.807, 2.05) is 24.3 Å². The lowest BCUT2D eigenvalue weighted by Crippen LogP contribution is -2.21. The molecule has 8 nitrogen and oxygen atoms in total. The molecule has 0 saturated carbocycles. The summed E-state index contributed by atoms with van der Waals surface area (Å²) in [7, 11) is 1.78. The highest BCUT2D eigenvalue weighted by atomic mass is 16.2. The standard InChI is InChI=1S/C21H18N6O2/c1-27-10-8-14(21(27)29)6-5-13-3-2-4-15(11-13)20-24-17(16-7-9-23-26-16)12-18(25-20)19(22)28/h2-4,7,9,11-12,14H,8,10H2,1H3,(H2,22,28)(H,23,26)/t14-/m1/s1. The first-order valence-corrected chi connectivity index (χ1v) is 9.07. The quantitative estimate of drug-likeness (QED) is 0.661. The predicted octanol–water partition coefficient (Wildman–Crippen LogP) is 1.46. The summed E-state index contributed by atoms with van der Waals surface area (Å²) in [6, 6.07) is 10.6. The summed E-state index contributed by atoms with van der Waals surface area (Å²) in [4.78, 5) is 34.3. The van der Waals surface area contributed by atoms with Gasteiger partial charge in [0.05, 0.1) is 11.4 Å². The molecule has 1 aliphatic heterocycles. The van der Waals surface area contributed by atoms with Crippen molar-refractivity contribution in [2.75, 3.05) is 13.6 Å². The van der Waals surface area contributed by atoms with Crippen LogP contribution in [0, 0.1) is 17.8 Å². The Bertz CT molecular complexity index is 1140. The van der Waals surface area contributed by atoms with Gasteiger partial charge in [0.2, 0.25) is 5.91 Å². The monoisotopic (exact) mass is 386 g/mol. The number of carbonyl (C=O) groups is 2. The molecular weight excluding hydrogens is 368 g/mol. The largest absolute Gasteiger partial charge is 0.364 e. The maximum atomic E-state index is 12.0. The van der Waals surface area contributed by atoms with E-state index in [2.05, 4.69) is 32.0 Å². The number of nitrogens with one attached hydrogen (secondary N) is 1. The molecule has 29 heavy (non-hydrogen) atoms. The Labute approximate surface area is 167 Å². The second-order valence-corrected chi connectivity index (χ2v) is 6.75. The molecule has 8 heteroatoms. The molecule has 3 heterocycles. The number of likely N-dealkylation sites (tertiary alicyclic amines) is 1. The van der Waals surface area contributed by atoms with Crippen LogP contribution in [-0.2, 0) is 4.79 Å². The Morgan fingerprint density at radius 2 is 2.14 bits per heavy atom. The van der Waals surface area contributed by atoms with Crippen LogP contribution < -0.4 is 5.73 Å². The Hall–Kier alpha value is -3.99. The van der Waals surface area contributed by atoms with Crippen molar-refractivity contribution in [3.8, 4) is 34.6 Å². The molecule has 144 valence electrons. The van der Waals surface area contributed by atoms with E-state index in [0.717, 1.165) is 18.5 Å². The number of carbonyl (C=O) groups excluding carboxylic acids is 2. The van der Waals surface area contributed by atoms with Gasteiger partial charge in [-0.2, -0.15) is 5.10 Å². The number of nitrogens with zero attached hydrogens (tertiary/aromatic N) is 4. The fourth-order valence-corrected chi connectivity index (χ4v) is 3.10. The van der Waals surface area contributed by atoms with Crippen LogP contribution in [0.4, 0.5) is 0 Å². The van der Waals surface area contributed by atoms with Gasteiger partial charge >= 0.3 is 0 Å². The number of nitrogens with two attached hydrogens (primary N) is 1. The molecular formula is C21H18N6O2. The number of amides is 2. The van der Waals surface area contributed by atoms with E-state index >= 15 is 0 Å². The van der Waals surface area contributed by atoms with Crippen LogP contribution in [0.25, 0.3) is 22.8 Å². The highest BCUT2D eigenvalue weighted by Crippen LogP contribution is 2.22. The van der Waals surface area contributed by atoms with Crippen molar-refractivity contribution >= 4 is 11.8 Å². The van der Waals surface area contributed by atoms with Gasteiger partial charge in [-0.05, 0) is 30.7 Å². The minimum atomic E-state index is -0.644. The Morgan fingerprint density at radius 3 is 2.83 bits per heavy atom. The minimum absolute atomic E-state index is 0.0512. The molecule has 1 fully saturated rings. The van der Waals surface area contributed by atoms with Gasteiger partial charge in [-0.25, -0.2) is 9.97 Å². The zero-order chi connectivity index (χ0) is 20.4. The molecule has 3 aromatic rings. The second kappa shape index (κ2) is 7.56. The number of hydrogen-bond acceptors (Lipinski definition) is 5. The highest BCUT2D eigenvalue weighted by Gasteiger charge is 2.27. The lowest BCUT2D eigenvalue weighted by molar-refractivity contribution is -0.128. The fourth-order valence-electron chi connectivity index (χ4n) is 3.10. The summed E-state index contributed by atoms with van der Waals surface area (Å²) >= 11 is 0. The SMILES string of the molecule is CN1CC[C@@H](C#Cc2cccc(-c3nc(C(N)=O)cc(-c4ccn[nH]4)n3)c2)C1=O. The zero-order valence-corrected chi connectivity index (χ0v) is 15.7. The Kier molecular flexibility index (Phi) is 4.79. The maximum absolute atomic E-state index is 12.0. The number of aromatic amines is 1. The van der Waals surface area contributed by atoms with Gasteiger partial charge in [0.15, 0.2) is 5.82 Å². The summed E-state index contributed by atoms with van der Waals surface area (Å²) in [6.07, 6.45) is 2.33. The molecule has 4 rings (SSSR count). The summed E-state index contributed by atoms with van der Waals surface area (Å²) in [5.74, 6) is 5.60. The molecule has 1 atom stereocenters.